The number of pyridine rings is 1. The van der Waals surface area contributed by atoms with Crippen LogP contribution in [-0.4, -0.2) is 41.5 Å². The number of hydrogen-bond donors (Lipinski definition) is 2. The molecule has 0 unspecified atom stereocenters. The number of carboxylic acids is 1. The second kappa shape index (κ2) is 7.63. The van der Waals surface area contributed by atoms with Crippen molar-refractivity contribution in [3.05, 3.63) is 53.2 Å². The van der Waals surface area contributed by atoms with Gasteiger partial charge in [-0.25, -0.2) is 9.48 Å². The summed E-state index contributed by atoms with van der Waals surface area (Å²) in [4.78, 5) is 28.3. The molecule has 28 heavy (non-hydrogen) atoms. The molecule has 0 aliphatic rings. The molecule has 3 aromatic rings. The number of hydrogen-bond acceptors (Lipinski definition) is 5. The van der Waals surface area contributed by atoms with Crippen molar-refractivity contribution in [1.29, 1.82) is 0 Å². The quantitative estimate of drug-likeness (QED) is 0.677. The van der Waals surface area contributed by atoms with Gasteiger partial charge in [-0.15, -0.1) is 0 Å². The van der Waals surface area contributed by atoms with Gasteiger partial charge in [0.15, 0.2) is 5.82 Å². The van der Waals surface area contributed by atoms with Crippen LogP contribution >= 0.6 is 0 Å². The zero-order valence-electron chi connectivity index (χ0n) is 16.2. The molecule has 3 heterocycles. The van der Waals surface area contributed by atoms with Gasteiger partial charge in [0, 0.05) is 25.0 Å². The smallest absolute Gasteiger partial charge is 0.354 e. The lowest BCUT2D eigenvalue weighted by Crippen LogP contribution is -2.16. The van der Waals surface area contributed by atoms with Crippen LogP contribution in [-0.2, 0) is 13.5 Å². The van der Waals surface area contributed by atoms with Crippen LogP contribution in [0.5, 0.6) is 0 Å². The van der Waals surface area contributed by atoms with Crippen LogP contribution in [0.2, 0.25) is 0 Å². The fourth-order valence-electron chi connectivity index (χ4n) is 2.90. The summed E-state index contributed by atoms with van der Waals surface area (Å²) >= 11 is 0. The van der Waals surface area contributed by atoms with E-state index in [0.717, 1.165) is 12.0 Å². The van der Waals surface area contributed by atoms with Crippen LogP contribution in [0.25, 0.3) is 5.69 Å². The lowest BCUT2D eigenvalue weighted by molar-refractivity contribution is 0.0684. The molecule has 146 valence electrons. The summed E-state index contributed by atoms with van der Waals surface area (Å²) in [5.41, 5.74) is 2.63. The molecule has 9 nitrogen and oxygen atoms in total. The van der Waals surface area contributed by atoms with Crippen LogP contribution in [0.15, 0.2) is 30.7 Å². The van der Waals surface area contributed by atoms with Gasteiger partial charge in [0.1, 0.15) is 5.69 Å². The molecular weight excluding hydrogens is 360 g/mol. The number of carbonyl (C=O) groups is 2. The lowest BCUT2D eigenvalue weighted by Gasteiger charge is -2.10. The zero-order chi connectivity index (χ0) is 20.4. The number of aryl methyl sites for hydroxylation is 2. The predicted octanol–water partition coefficient (Wildman–Crippen LogP) is 2.46. The Kier molecular flexibility index (Phi) is 5.25. The van der Waals surface area contributed by atoms with Gasteiger partial charge in [-0.3, -0.25) is 14.5 Å². The molecule has 0 aromatic carbocycles. The Balaban J connectivity index is 1.92. The molecule has 3 rings (SSSR count). The van der Waals surface area contributed by atoms with Crippen molar-refractivity contribution in [2.75, 3.05) is 5.32 Å². The summed E-state index contributed by atoms with van der Waals surface area (Å²) in [5.74, 6) is -0.892. The van der Waals surface area contributed by atoms with Crippen molar-refractivity contribution in [3.63, 3.8) is 0 Å². The summed E-state index contributed by atoms with van der Waals surface area (Å²) in [5, 5.41) is 20.2. The second-order valence-electron chi connectivity index (χ2n) is 7.03. The van der Waals surface area contributed by atoms with E-state index in [1.54, 1.807) is 30.1 Å². The molecule has 0 atom stereocenters. The van der Waals surface area contributed by atoms with E-state index in [1.807, 2.05) is 6.20 Å². The van der Waals surface area contributed by atoms with Crippen molar-refractivity contribution < 1.29 is 14.7 Å². The minimum Gasteiger partial charge on any atom is -0.477 e. The number of rotatable bonds is 6. The normalized spacial score (nSPS) is 11.0. The first-order chi connectivity index (χ1) is 13.2. The highest BCUT2D eigenvalue weighted by Gasteiger charge is 2.18. The average molecular weight is 382 g/mol. The summed E-state index contributed by atoms with van der Waals surface area (Å²) < 4.78 is 2.82. The number of aromatic carboxylic acids is 1. The number of carbonyl (C=O) groups excluding carboxylic acids is 1. The van der Waals surface area contributed by atoms with Crippen molar-refractivity contribution in [3.8, 4) is 5.69 Å². The highest BCUT2D eigenvalue weighted by molar-refractivity contribution is 6.06. The third-order valence-corrected chi connectivity index (χ3v) is 4.13. The second-order valence-corrected chi connectivity index (χ2v) is 7.03. The SMILES string of the molecule is Cc1cc(C(=O)Nc2cc(C(=O)O)n(C)n2)c(-n2cc(CC(C)C)cn2)cn1. The van der Waals surface area contributed by atoms with E-state index in [-0.39, 0.29) is 11.5 Å². The molecule has 0 spiro atoms. The van der Waals surface area contributed by atoms with Gasteiger partial charge >= 0.3 is 5.97 Å². The minimum absolute atomic E-state index is 0.0214. The maximum atomic E-state index is 12.9. The zero-order valence-corrected chi connectivity index (χ0v) is 16.2. The topological polar surface area (TPSA) is 115 Å². The van der Waals surface area contributed by atoms with Crippen LogP contribution in [0.3, 0.4) is 0 Å². The van der Waals surface area contributed by atoms with Crippen molar-refractivity contribution >= 4 is 17.7 Å². The molecule has 0 radical (unpaired) electrons. The van der Waals surface area contributed by atoms with Crippen molar-refractivity contribution in [2.24, 2.45) is 13.0 Å². The Bertz CT molecular complexity index is 1030. The van der Waals surface area contributed by atoms with Gasteiger partial charge in [0.05, 0.1) is 23.6 Å². The Morgan fingerprint density at radius 1 is 1.25 bits per heavy atom. The van der Waals surface area contributed by atoms with Gasteiger partial charge in [-0.1, -0.05) is 13.8 Å². The summed E-state index contributed by atoms with van der Waals surface area (Å²) in [6.07, 6.45) is 6.13. The molecular formula is C19H22N6O3. The van der Waals surface area contributed by atoms with E-state index < -0.39 is 11.9 Å². The Morgan fingerprint density at radius 2 is 2.00 bits per heavy atom. The van der Waals surface area contributed by atoms with Gasteiger partial charge in [-0.05, 0) is 30.9 Å². The molecule has 0 fully saturated rings. The van der Waals surface area contributed by atoms with Gasteiger partial charge in [-0.2, -0.15) is 10.2 Å². The molecule has 1 amide bonds. The van der Waals surface area contributed by atoms with Crippen molar-refractivity contribution in [1.82, 2.24) is 24.5 Å². The van der Waals surface area contributed by atoms with Crippen LogP contribution in [0, 0.1) is 12.8 Å². The minimum atomic E-state index is -1.12. The molecule has 3 aromatic heterocycles. The first kappa shape index (κ1) is 19.3. The van der Waals surface area contributed by atoms with E-state index in [2.05, 4.69) is 34.3 Å². The van der Waals surface area contributed by atoms with E-state index >= 15 is 0 Å². The van der Waals surface area contributed by atoms with E-state index in [4.69, 9.17) is 5.11 Å². The molecule has 2 N–H and O–H groups in total. The van der Waals surface area contributed by atoms with Gasteiger partial charge in [0.2, 0.25) is 0 Å². The first-order valence-corrected chi connectivity index (χ1v) is 8.84. The highest BCUT2D eigenvalue weighted by atomic mass is 16.4. The average Bonchev–Trinajstić information content (AvgIpc) is 3.20. The number of nitrogens with one attached hydrogen (secondary N) is 1. The Hall–Kier alpha value is -3.49. The monoisotopic (exact) mass is 382 g/mol. The van der Waals surface area contributed by atoms with Crippen LogP contribution in [0.1, 0.15) is 46.0 Å². The number of carboxylic acid groups (broad SMARTS) is 1. The molecule has 0 saturated heterocycles. The standard InChI is InChI=1S/C19H22N6O3/c1-11(2)5-13-8-21-25(10-13)16-9-20-12(3)6-14(16)18(26)22-17-7-15(19(27)28)24(4)23-17/h6-11H,5H2,1-4H3,(H,27,28)(H,22,23,26). The fraction of sp³-hybridized carbons (Fsp3) is 0.316. The summed E-state index contributed by atoms with van der Waals surface area (Å²) in [6.45, 7) is 6.04. The number of anilines is 1. The molecule has 0 bridgehead atoms. The fourth-order valence-corrected chi connectivity index (χ4v) is 2.90. The van der Waals surface area contributed by atoms with Crippen LogP contribution < -0.4 is 5.32 Å². The Labute approximate surface area is 162 Å². The largest absolute Gasteiger partial charge is 0.477 e. The number of nitrogens with zero attached hydrogens (tertiary/aromatic N) is 5. The van der Waals surface area contributed by atoms with Crippen LogP contribution in [0.4, 0.5) is 5.82 Å². The first-order valence-electron chi connectivity index (χ1n) is 8.84. The number of aromatic nitrogens is 5. The summed E-state index contributed by atoms with van der Waals surface area (Å²) in [6, 6.07) is 2.97. The third-order valence-electron chi connectivity index (χ3n) is 4.13. The molecule has 9 heteroatoms. The van der Waals surface area contributed by atoms with Gasteiger partial charge < -0.3 is 10.4 Å². The third kappa shape index (κ3) is 4.08. The van der Waals surface area contributed by atoms with E-state index in [0.29, 0.717) is 22.9 Å². The van der Waals surface area contributed by atoms with Gasteiger partial charge in [0.25, 0.3) is 5.91 Å². The van der Waals surface area contributed by atoms with E-state index in [9.17, 15) is 9.59 Å². The highest BCUT2D eigenvalue weighted by Crippen LogP contribution is 2.18. The Morgan fingerprint density at radius 3 is 2.64 bits per heavy atom. The molecule has 0 saturated carbocycles. The number of amides is 1. The molecule has 0 aliphatic carbocycles. The van der Waals surface area contributed by atoms with Crippen molar-refractivity contribution in [2.45, 2.75) is 27.2 Å². The lowest BCUT2D eigenvalue weighted by atomic mass is 10.1. The maximum absolute atomic E-state index is 12.9. The van der Waals surface area contributed by atoms with E-state index in [1.165, 1.54) is 17.8 Å². The molecule has 0 aliphatic heterocycles. The summed E-state index contributed by atoms with van der Waals surface area (Å²) in [7, 11) is 1.50. The predicted molar refractivity (Wildman–Crippen MR) is 103 cm³/mol. The maximum Gasteiger partial charge on any atom is 0.354 e.